The number of fused-ring (bicyclic) bond motifs is 7. The zero-order valence-electron chi connectivity index (χ0n) is 24.9. The van der Waals surface area contributed by atoms with E-state index in [-0.39, 0.29) is 0 Å². The van der Waals surface area contributed by atoms with Gasteiger partial charge in [0.15, 0.2) is 0 Å². The van der Waals surface area contributed by atoms with Crippen LogP contribution in [0.15, 0.2) is 146 Å². The van der Waals surface area contributed by atoms with E-state index in [0.29, 0.717) is 0 Å². The molecule has 0 aliphatic rings. The van der Waals surface area contributed by atoms with Crippen LogP contribution in [-0.4, -0.2) is 27.8 Å². The summed E-state index contributed by atoms with van der Waals surface area (Å²) in [6.07, 6.45) is 3.73. The molecule has 0 saturated carbocycles. The first-order chi connectivity index (χ1) is 23.3. The first-order valence-corrected chi connectivity index (χ1v) is 16.2. The molecule has 0 aliphatic heterocycles. The molecule has 5 heterocycles. The third-order valence-corrected chi connectivity index (χ3v) is 9.63. The SMILES string of the molecule is c1ccc(-n2c3ccc(-c4ccc(-c5ccc6c(c5)c5ncccc5n6-c5ccccc5)c5nsnc45)cc3c3ncccc32)cc1. The molecule has 0 saturated heterocycles. The maximum atomic E-state index is 4.83. The quantitative estimate of drug-likeness (QED) is 0.196. The third-order valence-electron chi connectivity index (χ3n) is 9.11. The Morgan fingerprint density at radius 2 is 0.872 bits per heavy atom. The van der Waals surface area contributed by atoms with E-state index < -0.39 is 0 Å². The van der Waals surface area contributed by atoms with Gasteiger partial charge in [-0.3, -0.25) is 9.97 Å². The molecular formula is C40H24N6S. The number of aromatic nitrogens is 6. The molecule has 220 valence electrons. The van der Waals surface area contributed by atoms with Crippen LogP contribution < -0.4 is 0 Å². The molecule has 10 aromatic rings. The van der Waals surface area contributed by atoms with Crippen molar-refractivity contribution in [3.05, 3.63) is 146 Å². The summed E-state index contributed by atoms with van der Waals surface area (Å²) >= 11 is 1.25. The fourth-order valence-corrected chi connectivity index (χ4v) is 7.62. The number of para-hydroxylation sites is 2. The van der Waals surface area contributed by atoms with Gasteiger partial charge in [-0.25, -0.2) is 0 Å². The number of hydrogen-bond donors (Lipinski definition) is 0. The molecule has 0 bridgehead atoms. The van der Waals surface area contributed by atoms with Crippen molar-refractivity contribution >= 4 is 66.6 Å². The lowest BCUT2D eigenvalue weighted by atomic mass is 9.96. The molecule has 47 heavy (non-hydrogen) atoms. The van der Waals surface area contributed by atoms with Crippen molar-refractivity contribution < 1.29 is 0 Å². The fraction of sp³-hybridized carbons (Fsp3) is 0. The van der Waals surface area contributed by atoms with Gasteiger partial charge >= 0.3 is 0 Å². The molecule has 0 spiro atoms. The Labute approximate surface area is 273 Å². The number of benzene rings is 5. The second-order valence-corrected chi connectivity index (χ2v) is 12.2. The van der Waals surface area contributed by atoms with Gasteiger partial charge in [-0.05, 0) is 83.9 Å². The Hall–Kier alpha value is -6.18. The molecule has 0 fully saturated rings. The summed E-state index contributed by atoms with van der Waals surface area (Å²) in [7, 11) is 0. The minimum absolute atomic E-state index is 0.900. The molecule has 6 nitrogen and oxygen atoms in total. The zero-order chi connectivity index (χ0) is 30.9. The second-order valence-electron chi connectivity index (χ2n) is 11.7. The number of pyridine rings is 2. The minimum atomic E-state index is 0.900. The second kappa shape index (κ2) is 10.2. The number of hydrogen-bond acceptors (Lipinski definition) is 5. The van der Waals surface area contributed by atoms with Crippen LogP contribution in [0.2, 0.25) is 0 Å². The van der Waals surface area contributed by atoms with Crippen molar-refractivity contribution in [3.8, 4) is 33.6 Å². The Kier molecular flexibility index (Phi) is 5.64. The van der Waals surface area contributed by atoms with Gasteiger partial charge in [0, 0.05) is 45.7 Å². The van der Waals surface area contributed by atoms with E-state index in [4.69, 9.17) is 18.7 Å². The van der Waals surface area contributed by atoms with Crippen LogP contribution in [0.25, 0.3) is 88.5 Å². The summed E-state index contributed by atoms with van der Waals surface area (Å²) in [6.45, 7) is 0. The number of nitrogens with zero attached hydrogens (tertiary/aromatic N) is 6. The van der Waals surface area contributed by atoms with E-state index in [1.54, 1.807) is 0 Å². The summed E-state index contributed by atoms with van der Waals surface area (Å²) in [5.41, 5.74) is 14.7. The molecule has 0 amide bonds. The molecule has 0 atom stereocenters. The highest BCUT2D eigenvalue weighted by Gasteiger charge is 2.19. The molecule has 0 N–H and O–H groups in total. The highest BCUT2D eigenvalue weighted by molar-refractivity contribution is 7.00. The van der Waals surface area contributed by atoms with Crippen molar-refractivity contribution in [1.82, 2.24) is 27.8 Å². The van der Waals surface area contributed by atoms with Gasteiger partial charge in [0.05, 0.1) is 44.8 Å². The van der Waals surface area contributed by atoms with Gasteiger partial charge in [0.25, 0.3) is 0 Å². The third kappa shape index (κ3) is 3.90. The average molecular weight is 621 g/mol. The molecule has 0 radical (unpaired) electrons. The van der Waals surface area contributed by atoms with Crippen LogP contribution in [0.5, 0.6) is 0 Å². The summed E-state index contributed by atoms with van der Waals surface area (Å²) in [5.74, 6) is 0. The molecule has 0 aliphatic carbocycles. The minimum Gasteiger partial charge on any atom is -0.308 e. The maximum Gasteiger partial charge on any atom is 0.113 e. The normalized spacial score (nSPS) is 11.8. The Bertz CT molecular complexity index is 2600. The molecule has 10 rings (SSSR count). The highest BCUT2D eigenvalue weighted by Crippen LogP contribution is 2.40. The molecule has 0 unspecified atom stereocenters. The molecule has 5 aromatic heterocycles. The Balaban J connectivity index is 1.14. The van der Waals surface area contributed by atoms with Crippen LogP contribution in [0, 0.1) is 0 Å². The summed E-state index contributed by atoms with van der Waals surface area (Å²) < 4.78 is 14.2. The lowest BCUT2D eigenvalue weighted by molar-refractivity contribution is 1.18. The molecule has 7 heteroatoms. The predicted octanol–water partition coefficient (Wildman–Crippen LogP) is 10.0. The fourth-order valence-electron chi connectivity index (χ4n) is 7.05. The van der Waals surface area contributed by atoms with Gasteiger partial charge in [-0.2, -0.15) is 8.75 Å². The van der Waals surface area contributed by atoms with Crippen molar-refractivity contribution in [2.75, 3.05) is 0 Å². The first kappa shape index (κ1) is 26.1. The van der Waals surface area contributed by atoms with Crippen LogP contribution in [0.1, 0.15) is 0 Å². The van der Waals surface area contributed by atoms with Crippen molar-refractivity contribution in [2.45, 2.75) is 0 Å². The van der Waals surface area contributed by atoms with Crippen molar-refractivity contribution in [3.63, 3.8) is 0 Å². The monoisotopic (exact) mass is 620 g/mol. The summed E-state index contributed by atoms with van der Waals surface area (Å²) in [5, 5.41) is 2.21. The van der Waals surface area contributed by atoms with E-state index in [9.17, 15) is 0 Å². The van der Waals surface area contributed by atoms with E-state index in [1.807, 2.05) is 36.7 Å². The van der Waals surface area contributed by atoms with E-state index in [2.05, 4.69) is 118 Å². The predicted molar refractivity (Wildman–Crippen MR) is 193 cm³/mol. The summed E-state index contributed by atoms with van der Waals surface area (Å²) in [6, 6.07) is 46.8. The Morgan fingerprint density at radius 3 is 1.34 bits per heavy atom. The van der Waals surface area contributed by atoms with E-state index >= 15 is 0 Å². The Morgan fingerprint density at radius 1 is 0.404 bits per heavy atom. The lowest BCUT2D eigenvalue weighted by Gasteiger charge is -2.10. The van der Waals surface area contributed by atoms with Gasteiger partial charge in [0.2, 0.25) is 0 Å². The van der Waals surface area contributed by atoms with Crippen LogP contribution in [0.3, 0.4) is 0 Å². The van der Waals surface area contributed by atoms with Gasteiger partial charge in [0.1, 0.15) is 11.0 Å². The first-order valence-electron chi connectivity index (χ1n) is 15.5. The standard InChI is InChI=1S/C40H24N6S/c1-3-9-27(10-4-1)45-33-19-15-25(23-31(33)37-35(45)13-7-21-41-37)29-17-18-30(40-39(29)43-47-44-40)26-16-20-34-32(24-26)38-36(14-8-22-42-38)46(34)28-11-5-2-6-12-28/h1-24H. The van der Waals surface area contributed by atoms with Crippen LogP contribution >= 0.6 is 11.7 Å². The highest BCUT2D eigenvalue weighted by atomic mass is 32.1. The van der Waals surface area contributed by atoms with E-state index in [0.717, 1.165) is 88.5 Å². The van der Waals surface area contributed by atoms with Crippen molar-refractivity contribution in [2.24, 2.45) is 0 Å². The van der Waals surface area contributed by atoms with Gasteiger partial charge in [-0.1, -0.05) is 60.7 Å². The zero-order valence-corrected chi connectivity index (χ0v) is 25.8. The van der Waals surface area contributed by atoms with Gasteiger partial charge < -0.3 is 9.13 Å². The molecular weight excluding hydrogens is 597 g/mol. The average Bonchev–Trinajstić information content (AvgIpc) is 3.85. The topological polar surface area (TPSA) is 61.4 Å². The number of rotatable bonds is 4. The van der Waals surface area contributed by atoms with E-state index in [1.165, 1.54) is 11.7 Å². The molecule has 5 aromatic carbocycles. The lowest BCUT2D eigenvalue weighted by Crippen LogP contribution is -1.93. The van der Waals surface area contributed by atoms with Crippen LogP contribution in [-0.2, 0) is 0 Å². The van der Waals surface area contributed by atoms with Crippen molar-refractivity contribution in [1.29, 1.82) is 0 Å². The van der Waals surface area contributed by atoms with Crippen LogP contribution in [0.4, 0.5) is 0 Å². The summed E-state index contributed by atoms with van der Waals surface area (Å²) in [4.78, 5) is 9.62. The largest absolute Gasteiger partial charge is 0.308 e. The maximum absolute atomic E-state index is 4.83. The van der Waals surface area contributed by atoms with Gasteiger partial charge in [-0.15, -0.1) is 0 Å². The smallest absolute Gasteiger partial charge is 0.113 e.